The van der Waals surface area contributed by atoms with Crippen LogP contribution in [0.25, 0.3) is 11.1 Å². The normalized spacial score (nSPS) is 14.4. The maximum absolute atomic E-state index is 14.1. The molecule has 0 radical (unpaired) electrons. The van der Waals surface area contributed by atoms with Crippen molar-refractivity contribution in [2.45, 2.75) is 24.2 Å². The highest BCUT2D eigenvalue weighted by molar-refractivity contribution is 7.97. The van der Waals surface area contributed by atoms with Gasteiger partial charge in [-0.25, -0.2) is 13.6 Å². The van der Waals surface area contributed by atoms with Gasteiger partial charge in [-0.05, 0) is 72.7 Å². The number of amides is 2. The molecule has 2 amide bonds. The lowest BCUT2D eigenvalue weighted by Gasteiger charge is -2.23. The summed E-state index contributed by atoms with van der Waals surface area (Å²) >= 11 is 0.810. The second-order valence-electron chi connectivity index (χ2n) is 7.00. The molecule has 4 rings (SSSR count). The highest BCUT2D eigenvalue weighted by atomic mass is 32.2. The zero-order valence-electron chi connectivity index (χ0n) is 16.1. The monoisotopic (exact) mass is 426 g/mol. The number of carbonyl (C=O) groups is 1. The number of benzene rings is 2. The van der Waals surface area contributed by atoms with E-state index in [2.05, 4.69) is 10.3 Å². The van der Waals surface area contributed by atoms with E-state index in [0.29, 0.717) is 35.5 Å². The fourth-order valence-corrected chi connectivity index (χ4v) is 3.91. The van der Waals surface area contributed by atoms with Crippen LogP contribution < -0.4 is 15.4 Å². The first kappa shape index (κ1) is 20.3. The van der Waals surface area contributed by atoms with Crippen LogP contribution in [-0.4, -0.2) is 17.6 Å². The Morgan fingerprint density at radius 2 is 1.87 bits per heavy atom. The third-order valence-electron chi connectivity index (χ3n) is 5.11. The van der Waals surface area contributed by atoms with Gasteiger partial charge in [0, 0.05) is 29.7 Å². The number of halogens is 2. The van der Waals surface area contributed by atoms with Gasteiger partial charge < -0.3 is 5.32 Å². The van der Waals surface area contributed by atoms with Crippen molar-refractivity contribution in [3.8, 4) is 11.1 Å². The molecule has 8 heteroatoms. The molecule has 1 aliphatic rings. The van der Waals surface area contributed by atoms with Crippen LogP contribution in [0.3, 0.4) is 0 Å². The van der Waals surface area contributed by atoms with E-state index in [1.165, 1.54) is 18.5 Å². The third kappa shape index (κ3) is 4.15. The molecule has 0 saturated heterocycles. The summed E-state index contributed by atoms with van der Waals surface area (Å²) in [6.45, 7) is 0.518. The van der Waals surface area contributed by atoms with Crippen LogP contribution in [-0.2, 0) is 6.42 Å². The average molecular weight is 426 g/mol. The van der Waals surface area contributed by atoms with E-state index in [-0.39, 0.29) is 16.7 Å². The van der Waals surface area contributed by atoms with Gasteiger partial charge in [-0.1, -0.05) is 12.1 Å². The quantitative estimate of drug-likeness (QED) is 0.553. The van der Waals surface area contributed by atoms with E-state index >= 15 is 0 Å². The van der Waals surface area contributed by atoms with Gasteiger partial charge in [-0.2, -0.15) is 0 Å². The van der Waals surface area contributed by atoms with Crippen molar-refractivity contribution < 1.29 is 13.6 Å². The van der Waals surface area contributed by atoms with Gasteiger partial charge in [0.2, 0.25) is 0 Å². The Hall–Kier alpha value is -2.97. The third-order valence-corrected chi connectivity index (χ3v) is 5.68. The summed E-state index contributed by atoms with van der Waals surface area (Å²) in [6.07, 6.45) is 4.95. The number of aromatic nitrogens is 1. The summed E-state index contributed by atoms with van der Waals surface area (Å²) in [5.41, 5.74) is 3.17. The van der Waals surface area contributed by atoms with Gasteiger partial charge in [0.1, 0.15) is 11.6 Å². The van der Waals surface area contributed by atoms with E-state index in [0.717, 1.165) is 30.4 Å². The smallest absolute Gasteiger partial charge is 0.307 e. The molecule has 3 aromatic rings. The number of rotatable bonds is 3. The molecule has 1 aromatic heterocycles. The van der Waals surface area contributed by atoms with Crippen molar-refractivity contribution in [2.75, 3.05) is 16.8 Å². The van der Waals surface area contributed by atoms with Gasteiger partial charge in [-0.3, -0.25) is 15.0 Å². The molecule has 0 bridgehead atoms. The summed E-state index contributed by atoms with van der Waals surface area (Å²) < 4.78 is 28.1. The van der Waals surface area contributed by atoms with Crippen molar-refractivity contribution in [3.63, 3.8) is 0 Å². The molecule has 154 valence electrons. The first-order chi connectivity index (χ1) is 14.6. The molecule has 0 spiro atoms. The van der Waals surface area contributed by atoms with Crippen LogP contribution >= 0.6 is 11.9 Å². The number of hydrogen-bond acceptors (Lipinski definition) is 4. The van der Waals surface area contributed by atoms with Crippen molar-refractivity contribution in [1.29, 1.82) is 0 Å². The van der Waals surface area contributed by atoms with Crippen molar-refractivity contribution >= 4 is 29.4 Å². The van der Waals surface area contributed by atoms with Crippen LogP contribution in [0.2, 0.25) is 0 Å². The lowest BCUT2D eigenvalue weighted by atomic mass is 10.1. The lowest BCUT2D eigenvalue weighted by molar-refractivity contribution is 0.257. The van der Waals surface area contributed by atoms with Gasteiger partial charge in [-0.15, -0.1) is 0 Å². The number of nitrogens with two attached hydrogens (primary N) is 1. The summed E-state index contributed by atoms with van der Waals surface area (Å²) in [5, 5.41) is 8.42. The number of nitrogens with one attached hydrogen (secondary N) is 1. The Balaban J connectivity index is 1.62. The molecule has 0 unspecified atom stereocenters. The second-order valence-corrected chi connectivity index (χ2v) is 7.67. The fourth-order valence-electron chi connectivity index (χ4n) is 3.55. The van der Waals surface area contributed by atoms with Crippen molar-refractivity contribution in [2.24, 2.45) is 5.14 Å². The SMILES string of the molecule is NSc1cc2c(cc1F)CCCCN(c1ccc(-c3ccncc3F)cc1)C(=O)N2. The molecule has 30 heavy (non-hydrogen) atoms. The minimum Gasteiger partial charge on any atom is -0.307 e. The highest BCUT2D eigenvalue weighted by Gasteiger charge is 2.20. The van der Waals surface area contributed by atoms with E-state index < -0.39 is 5.82 Å². The molecule has 2 heterocycles. The van der Waals surface area contributed by atoms with Crippen LogP contribution in [0.4, 0.5) is 25.0 Å². The van der Waals surface area contributed by atoms with E-state index in [4.69, 9.17) is 5.14 Å². The number of hydrogen-bond donors (Lipinski definition) is 2. The maximum Gasteiger partial charge on any atom is 0.326 e. The number of anilines is 2. The molecule has 0 saturated carbocycles. The zero-order chi connectivity index (χ0) is 21.1. The summed E-state index contributed by atoms with van der Waals surface area (Å²) in [7, 11) is 0. The maximum atomic E-state index is 14.1. The molecule has 0 atom stereocenters. The Bertz CT molecular complexity index is 1080. The van der Waals surface area contributed by atoms with Crippen LogP contribution in [0, 0.1) is 11.6 Å². The molecule has 0 aliphatic carbocycles. The molecule has 5 nitrogen and oxygen atoms in total. The first-order valence-corrected chi connectivity index (χ1v) is 10.4. The minimum absolute atomic E-state index is 0.281. The van der Waals surface area contributed by atoms with Crippen LogP contribution in [0.15, 0.2) is 59.8 Å². The van der Waals surface area contributed by atoms with E-state index in [9.17, 15) is 13.6 Å². The highest BCUT2D eigenvalue weighted by Crippen LogP contribution is 2.30. The van der Waals surface area contributed by atoms with E-state index in [1.54, 1.807) is 41.3 Å². The lowest BCUT2D eigenvalue weighted by Crippen LogP contribution is -2.35. The standard InChI is InChI=1S/C22H20F2N4OS/c23-18-11-15-3-1-2-10-28(22(29)27-20(15)12-21(18)30-25)16-6-4-14(5-7-16)17-8-9-26-13-19(17)24/h4-9,11-13H,1-3,10,25H2,(H,27,29). The Morgan fingerprint density at radius 3 is 2.60 bits per heavy atom. The topological polar surface area (TPSA) is 71.2 Å². The molecule has 3 N–H and O–H groups in total. The zero-order valence-corrected chi connectivity index (χ0v) is 16.9. The summed E-state index contributed by atoms with van der Waals surface area (Å²) in [4.78, 5) is 18.7. The Kier molecular flexibility index (Phi) is 5.96. The predicted molar refractivity (Wildman–Crippen MR) is 115 cm³/mol. The number of nitrogens with zero attached hydrogens (tertiary/aromatic N) is 2. The fraction of sp³-hybridized carbons (Fsp3) is 0.182. The summed E-state index contributed by atoms with van der Waals surface area (Å²) in [5.74, 6) is -0.784. The number of pyridine rings is 1. The molecule has 2 aromatic carbocycles. The van der Waals surface area contributed by atoms with Gasteiger partial charge in [0.25, 0.3) is 0 Å². The first-order valence-electron chi connectivity index (χ1n) is 9.54. The molecule has 1 aliphatic heterocycles. The Labute approximate surface area is 177 Å². The second kappa shape index (κ2) is 8.81. The van der Waals surface area contributed by atoms with Crippen LogP contribution in [0.1, 0.15) is 18.4 Å². The Morgan fingerprint density at radius 1 is 1.07 bits per heavy atom. The molecule has 0 fully saturated rings. The minimum atomic E-state index is -0.400. The number of fused-ring (bicyclic) bond motifs is 1. The van der Waals surface area contributed by atoms with Gasteiger partial charge in [0.05, 0.1) is 11.1 Å². The number of carbonyl (C=O) groups excluding carboxylic acids is 1. The largest absolute Gasteiger partial charge is 0.326 e. The summed E-state index contributed by atoms with van der Waals surface area (Å²) in [6, 6.07) is 11.5. The van der Waals surface area contributed by atoms with Gasteiger partial charge >= 0.3 is 6.03 Å². The van der Waals surface area contributed by atoms with Crippen molar-refractivity contribution in [3.05, 3.63) is 72.1 Å². The molecular formula is C22H20F2N4OS. The number of urea groups is 1. The van der Waals surface area contributed by atoms with Gasteiger partial charge in [0.15, 0.2) is 0 Å². The van der Waals surface area contributed by atoms with E-state index in [1.807, 2.05) is 0 Å². The number of aryl methyl sites for hydroxylation is 1. The predicted octanol–water partition coefficient (Wildman–Crippen LogP) is 5.37. The molecular weight excluding hydrogens is 406 g/mol. The average Bonchev–Trinajstić information content (AvgIpc) is 2.82. The van der Waals surface area contributed by atoms with Crippen LogP contribution in [0.5, 0.6) is 0 Å². The van der Waals surface area contributed by atoms with Crippen molar-refractivity contribution in [1.82, 2.24) is 4.98 Å².